The number of rotatable bonds is 3. The lowest BCUT2D eigenvalue weighted by Gasteiger charge is -2.09. The van der Waals surface area contributed by atoms with Crippen LogP contribution in [0.1, 0.15) is 39.3 Å². The highest BCUT2D eigenvalue weighted by Gasteiger charge is 2.07. The van der Waals surface area contributed by atoms with Gasteiger partial charge in [0.25, 0.3) is 0 Å². The quantitative estimate of drug-likeness (QED) is 0.762. The van der Waals surface area contributed by atoms with Gasteiger partial charge in [-0.2, -0.15) is 5.10 Å². The molecule has 0 unspecified atom stereocenters. The first-order chi connectivity index (χ1) is 7.58. The molecule has 0 N–H and O–H groups in total. The van der Waals surface area contributed by atoms with Crippen molar-refractivity contribution in [3.8, 4) is 0 Å². The van der Waals surface area contributed by atoms with Crippen LogP contribution in [0, 0.1) is 5.92 Å². The summed E-state index contributed by atoms with van der Waals surface area (Å²) in [6.07, 6.45) is 3.09. The van der Waals surface area contributed by atoms with Crippen LogP contribution in [0.4, 0.5) is 0 Å². The number of hydrogen-bond acceptors (Lipinski definition) is 1. The molecule has 2 aromatic rings. The van der Waals surface area contributed by atoms with E-state index < -0.39 is 0 Å². The maximum Gasteiger partial charge on any atom is 0.0688 e. The Labute approximate surface area is 97.3 Å². The Kier molecular flexibility index (Phi) is 2.99. The zero-order chi connectivity index (χ0) is 11.7. The van der Waals surface area contributed by atoms with Crippen LogP contribution in [-0.4, -0.2) is 9.78 Å². The van der Waals surface area contributed by atoms with Gasteiger partial charge in [0, 0.05) is 11.4 Å². The summed E-state index contributed by atoms with van der Waals surface area (Å²) in [6, 6.07) is 7.10. The van der Waals surface area contributed by atoms with E-state index in [0.29, 0.717) is 12.0 Å². The molecule has 0 fully saturated rings. The van der Waals surface area contributed by atoms with Gasteiger partial charge in [-0.3, -0.25) is 4.68 Å². The molecular weight excluding hydrogens is 196 g/mol. The van der Waals surface area contributed by atoms with Crippen molar-refractivity contribution < 1.29 is 0 Å². The maximum absolute atomic E-state index is 4.43. The standard InChI is InChI=1S/C14H20N2/c1-10(2)7-12-5-6-13-9-15-16(11(3)4)14(13)8-12/h5-6,8-11H,7H2,1-4H3. The van der Waals surface area contributed by atoms with Crippen molar-refractivity contribution in [3.05, 3.63) is 30.0 Å². The summed E-state index contributed by atoms with van der Waals surface area (Å²) in [7, 11) is 0. The average molecular weight is 216 g/mol. The molecule has 2 nitrogen and oxygen atoms in total. The van der Waals surface area contributed by atoms with Crippen molar-refractivity contribution in [2.24, 2.45) is 5.92 Å². The third kappa shape index (κ3) is 2.11. The zero-order valence-corrected chi connectivity index (χ0v) is 10.6. The van der Waals surface area contributed by atoms with E-state index in [0.717, 1.165) is 6.42 Å². The van der Waals surface area contributed by atoms with Crippen molar-refractivity contribution in [3.63, 3.8) is 0 Å². The van der Waals surface area contributed by atoms with Crippen molar-refractivity contribution in [2.45, 2.75) is 40.2 Å². The number of nitrogens with zero attached hydrogens (tertiary/aromatic N) is 2. The number of fused-ring (bicyclic) bond motifs is 1. The van der Waals surface area contributed by atoms with E-state index in [4.69, 9.17) is 0 Å². The van der Waals surface area contributed by atoms with E-state index in [9.17, 15) is 0 Å². The lowest BCUT2D eigenvalue weighted by atomic mass is 10.0. The van der Waals surface area contributed by atoms with Crippen LogP contribution >= 0.6 is 0 Å². The molecule has 0 spiro atoms. The first-order valence-electron chi connectivity index (χ1n) is 6.04. The largest absolute Gasteiger partial charge is 0.262 e. The van der Waals surface area contributed by atoms with Crippen LogP contribution in [0.2, 0.25) is 0 Å². The fraction of sp³-hybridized carbons (Fsp3) is 0.500. The lowest BCUT2D eigenvalue weighted by molar-refractivity contribution is 0.550. The Hall–Kier alpha value is -1.31. The Morgan fingerprint density at radius 2 is 1.94 bits per heavy atom. The molecule has 1 heterocycles. The zero-order valence-electron chi connectivity index (χ0n) is 10.6. The lowest BCUT2D eigenvalue weighted by Crippen LogP contribution is -2.02. The van der Waals surface area contributed by atoms with Crippen LogP contribution in [0.5, 0.6) is 0 Å². The second-order valence-electron chi connectivity index (χ2n) is 5.17. The van der Waals surface area contributed by atoms with Gasteiger partial charge in [-0.25, -0.2) is 0 Å². The van der Waals surface area contributed by atoms with Gasteiger partial charge < -0.3 is 0 Å². The van der Waals surface area contributed by atoms with Gasteiger partial charge in [0.2, 0.25) is 0 Å². The average Bonchev–Trinajstić information content (AvgIpc) is 2.59. The second kappa shape index (κ2) is 4.28. The molecule has 2 heteroatoms. The van der Waals surface area contributed by atoms with Crippen LogP contribution in [-0.2, 0) is 6.42 Å². The predicted molar refractivity (Wildman–Crippen MR) is 68.7 cm³/mol. The van der Waals surface area contributed by atoms with Crippen LogP contribution in [0.25, 0.3) is 10.9 Å². The van der Waals surface area contributed by atoms with Gasteiger partial charge in [0.05, 0.1) is 11.7 Å². The fourth-order valence-electron chi connectivity index (χ4n) is 2.09. The maximum atomic E-state index is 4.43. The predicted octanol–water partition coefficient (Wildman–Crippen LogP) is 3.82. The Morgan fingerprint density at radius 1 is 1.19 bits per heavy atom. The number of benzene rings is 1. The Bertz CT molecular complexity index is 480. The van der Waals surface area contributed by atoms with Gasteiger partial charge >= 0.3 is 0 Å². The van der Waals surface area contributed by atoms with E-state index in [1.54, 1.807) is 0 Å². The van der Waals surface area contributed by atoms with Crippen molar-refractivity contribution in [1.29, 1.82) is 0 Å². The second-order valence-corrected chi connectivity index (χ2v) is 5.17. The number of hydrogen-bond donors (Lipinski definition) is 0. The Morgan fingerprint density at radius 3 is 2.56 bits per heavy atom. The van der Waals surface area contributed by atoms with Crippen molar-refractivity contribution >= 4 is 10.9 Å². The highest BCUT2D eigenvalue weighted by molar-refractivity contribution is 5.79. The van der Waals surface area contributed by atoms with Crippen LogP contribution < -0.4 is 0 Å². The number of aromatic nitrogens is 2. The van der Waals surface area contributed by atoms with Gasteiger partial charge in [0.1, 0.15) is 0 Å². The molecule has 0 aliphatic rings. The molecule has 1 aromatic carbocycles. The van der Waals surface area contributed by atoms with Crippen molar-refractivity contribution in [1.82, 2.24) is 9.78 Å². The molecule has 1 aromatic heterocycles. The summed E-state index contributed by atoms with van der Waals surface area (Å²) in [6.45, 7) is 8.84. The fourth-order valence-corrected chi connectivity index (χ4v) is 2.09. The van der Waals surface area contributed by atoms with E-state index >= 15 is 0 Å². The highest BCUT2D eigenvalue weighted by atomic mass is 15.3. The summed E-state index contributed by atoms with van der Waals surface area (Å²) in [5.74, 6) is 0.702. The van der Waals surface area contributed by atoms with Gasteiger partial charge in [0.15, 0.2) is 0 Å². The van der Waals surface area contributed by atoms with E-state index in [1.807, 2.05) is 6.20 Å². The summed E-state index contributed by atoms with van der Waals surface area (Å²) < 4.78 is 2.10. The summed E-state index contributed by atoms with van der Waals surface area (Å²) in [4.78, 5) is 0. The molecule has 86 valence electrons. The monoisotopic (exact) mass is 216 g/mol. The summed E-state index contributed by atoms with van der Waals surface area (Å²) in [5, 5.41) is 5.67. The van der Waals surface area contributed by atoms with Crippen LogP contribution in [0.3, 0.4) is 0 Å². The third-order valence-corrected chi connectivity index (χ3v) is 2.80. The first-order valence-corrected chi connectivity index (χ1v) is 6.04. The van der Waals surface area contributed by atoms with Gasteiger partial charge in [-0.15, -0.1) is 0 Å². The molecule has 0 bridgehead atoms. The van der Waals surface area contributed by atoms with E-state index in [1.165, 1.54) is 16.5 Å². The molecule has 0 saturated carbocycles. The minimum Gasteiger partial charge on any atom is -0.262 e. The van der Waals surface area contributed by atoms with Crippen molar-refractivity contribution in [2.75, 3.05) is 0 Å². The molecule has 0 aliphatic carbocycles. The molecule has 0 amide bonds. The summed E-state index contributed by atoms with van der Waals surface area (Å²) >= 11 is 0. The van der Waals surface area contributed by atoms with E-state index in [2.05, 4.69) is 55.7 Å². The molecule has 16 heavy (non-hydrogen) atoms. The molecule has 2 rings (SSSR count). The van der Waals surface area contributed by atoms with E-state index in [-0.39, 0.29) is 0 Å². The Balaban J connectivity index is 2.46. The molecule has 0 aliphatic heterocycles. The van der Waals surface area contributed by atoms with Crippen LogP contribution in [0.15, 0.2) is 24.4 Å². The van der Waals surface area contributed by atoms with Gasteiger partial charge in [-0.1, -0.05) is 26.0 Å². The molecular formula is C14H20N2. The molecule has 0 radical (unpaired) electrons. The molecule has 0 atom stereocenters. The topological polar surface area (TPSA) is 17.8 Å². The smallest absolute Gasteiger partial charge is 0.0688 e. The highest BCUT2D eigenvalue weighted by Crippen LogP contribution is 2.20. The first kappa shape index (κ1) is 11.2. The minimum absolute atomic E-state index is 0.423. The SMILES string of the molecule is CC(C)Cc1ccc2cnn(C(C)C)c2c1. The normalized spacial score (nSPS) is 11.9. The van der Waals surface area contributed by atoms with Gasteiger partial charge in [-0.05, 0) is 37.8 Å². The summed E-state index contributed by atoms with van der Waals surface area (Å²) in [5.41, 5.74) is 2.66. The molecule has 0 saturated heterocycles. The minimum atomic E-state index is 0.423. The third-order valence-electron chi connectivity index (χ3n) is 2.80.